The molecule has 1 fully saturated rings. The lowest BCUT2D eigenvalue weighted by Crippen LogP contribution is -2.31. The summed E-state index contributed by atoms with van der Waals surface area (Å²) in [4.78, 5) is 13.5. The molecule has 1 heterocycles. The summed E-state index contributed by atoms with van der Waals surface area (Å²) in [5, 5.41) is 11.8. The number of hydrogen-bond acceptors (Lipinski definition) is 6. The predicted molar refractivity (Wildman–Crippen MR) is 181 cm³/mol. The molecule has 51 heavy (non-hydrogen) atoms. The highest BCUT2D eigenvalue weighted by Gasteiger charge is 2.33. The van der Waals surface area contributed by atoms with E-state index in [9.17, 15) is 31.9 Å². The smallest absolute Gasteiger partial charge is 0.257 e. The fraction of sp³-hybridized carbons (Fsp3) is 0.205. The Bertz CT molecular complexity index is 2000. The average molecular weight is 722 g/mol. The molecule has 0 aliphatic carbocycles. The van der Waals surface area contributed by atoms with Crippen LogP contribution in [0.1, 0.15) is 51.4 Å². The molecule has 0 bridgehead atoms. The second-order valence-electron chi connectivity index (χ2n) is 11.8. The van der Waals surface area contributed by atoms with Crippen LogP contribution < -0.4 is 10.1 Å². The van der Waals surface area contributed by atoms with Gasteiger partial charge in [-0.05, 0) is 52.1 Å². The van der Waals surface area contributed by atoms with Crippen LogP contribution in [0.4, 0.5) is 22.0 Å². The zero-order valence-electron chi connectivity index (χ0n) is 27.2. The van der Waals surface area contributed by atoms with E-state index in [0.717, 1.165) is 38.5 Å². The number of methoxy groups -OCH3 is 1. The number of halogens is 5. The topological polar surface area (TPSA) is 77.0 Å². The van der Waals surface area contributed by atoms with E-state index in [1.807, 2.05) is 78.9 Å². The van der Waals surface area contributed by atoms with Crippen LogP contribution in [0.3, 0.4) is 0 Å². The first-order valence-electron chi connectivity index (χ1n) is 15.9. The maximum absolute atomic E-state index is 14.2. The molecule has 1 amide bonds. The molecule has 1 aliphatic heterocycles. The fourth-order valence-electron chi connectivity index (χ4n) is 5.74. The zero-order chi connectivity index (χ0) is 36.1. The molecule has 1 aliphatic rings. The van der Waals surface area contributed by atoms with E-state index < -0.39 is 46.8 Å². The highest BCUT2D eigenvalue weighted by molar-refractivity contribution is 7.99. The quantitative estimate of drug-likeness (QED) is 0.0615. The third-order valence-corrected chi connectivity index (χ3v) is 9.60. The van der Waals surface area contributed by atoms with Crippen LogP contribution in [0, 0.1) is 29.1 Å². The first-order valence-corrected chi connectivity index (χ1v) is 16.9. The predicted octanol–water partition coefficient (Wildman–Crippen LogP) is 8.82. The van der Waals surface area contributed by atoms with Gasteiger partial charge in [0.05, 0.1) is 25.9 Å². The van der Waals surface area contributed by atoms with E-state index in [4.69, 9.17) is 14.2 Å². The van der Waals surface area contributed by atoms with Gasteiger partial charge in [0.1, 0.15) is 11.3 Å². The van der Waals surface area contributed by atoms with Crippen LogP contribution in [0.5, 0.6) is 5.75 Å². The first kappa shape index (κ1) is 36.1. The molecule has 0 radical (unpaired) electrons. The van der Waals surface area contributed by atoms with Crippen LogP contribution in [-0.2, 0) is 22.6 Å². The van der Waals surface area contributed by atoms with E-state index in [-0.39, 0.29) is 25.4 Å². The summed E-state index contributed by atoms with van der Waals surface area (Å²) in [5.41, 5.74) is 2.96. The second kappa shape index (κ2) is 16.1. The highest BCUT2D eigenvalue weighted by Crippen LogP contribution is 2.41. The molecule has 1 saturated heterocycles. The third kappa shape index (κ3) is 8.10. The van der Waals surface area contributed by atoms with Crippen LogP contribution in [-0.4, -0.2) is 30.0 Å². The van der Waals surface area contributed by atoms with Gasteiger partial charge in [-0.2, -0.15) is 0 Å². The molecule has 0 spiro atoms. The number of rotatable bonds is 11. The molecule has 2 N–H and O–H groups in total. The van der Waals surface area contributed by atoms with Gasteiger partial charge < -0.3 is 24.6 Å². The Morgan fingerprint density at radius 3 is 2.16 bits per heavy atom. The molecule has 5 aromatic carbocycles. The van der Waals surface area contributed by atoms with Crippen LogP contribution >= 0.6 is 11.8 Å². The van der Waals surface area contributed by atoms with Gasteiger partial charge in [-0.3, -0.25) is 4.79 Å². The third-order valence-electron chi connectivity index (χ3n) is 8.42. The second-order valence-corrected chi connectivity index (χ2v) is 12.8. The molecule has 0 aromatic heterocycles. The van der Waals surface area contributed by atoms with Gasteiger partial charge in [0.25, 0.3) is 5.91 Å². The molecule has 6 rings (SSSR count). The number of carbonyl (C=O) groups is 1. The van der Waals surface area contributed by atoms with Crippen LogP contribution in [0.15, 0.2) is 102 Å². The molecule has 12 heteroatoms. The number of aliphatic hydroxyl groups excluding tert-OH is 1. The Labute approximate surface area is 295 Å². The Balaban J connectivity index is 1.21. The molecule has 3 atom stereocenters. The van der Waals surface area contributed by atoms with Crippen molar-refractivity contribution in [3.05, 3.63) is 154 Å². The molecule has 5 aromatic rings. The molecule has 6 nitrogen and oxygen atoms in total. The number of amides is 1. The highest BCUT2D eigenvalue weighted by atomic mass is 32.2. The summed E-state index contributed by atoms with van der Waals surface area (Å²) in [7, 11) is 1.63. The fourth-order valence-corrected chi connectivity index (χ4v) is 6.79. The number of carbonyl (C=O) groups excluding carboxylic acids is 1. The lowest BCUT2D eigenvalue weighted by Gasteiger charge is -2.36. The Hall–Kier alpha value is -4.75. The average Bonchev–Trinajstić information content (AvgIpc) is 3.18. The van der Waals surface area contributed by atoms with Crippen LogP contribution in [0.2, 0.25) is 0 Å². The summed E-state index contributed by atoms with van der Waals surface area (Å²) in [5.74, 6) is -11.2. The molecular weight excluding hydrogens is 689 g/mol. The largest absolute Gasteiger partial charge is 0.496 e. The number of nitrogens with one attached hydrogen (secondary N) is 1. The van der Waals surface area contributed by atoms with Crippen molar-refractivity contribution in [2.75, 3.05) is 12.9 Å². The summed E-state index contributed by atoms with van der Waals surface area (Å²) in [6.45, 7) is -0.315. The monoisotopic (exact) mass is 721 g/mol. The molecule has 264 valence electrons. The van der Waals surface area contributed by atoms with E-state index in [1.54, 1.807) is 37.1 Å². The Morgan fingerprint density at radius 2 is 1.45 bits per heavy atom. The van der Waals surface area contributed by atoms with Crippen molar-refractivity contribution in [1.29, 1.82) is 0 Å². The van der Waals surface area contributed by atoms with Gasteiger partial charge in [-0.25, -0.2) is 22.0 Å². The minimum Gasteiger partial charge on any atom is -0.496 e. The first-order chi connectivity index (χ1) is 24.7. The number of thioether (sulfide) groups is 1. The maximum atomic E-state index is 14.2. The van der Waals surface area contributed by atoms with Crippen molar-refractivity contribution in [1.82, 2.24) is 5.32 Å². The van der Waals surface area contributed by atoms with E-state index in [0.29, 0.717) is 17.7 Å². The molecule has 0 saturated carbocycles. The minimum absolute atomic E-state index is 0.0681. The van der Waals surface area contributed by atoms with E-state index in [2.05, 4.69) is 5.32 Å². The van der Waals surface area contributed by atoms with Gasteiger partial charge in [-0.1, -0.05) is 72.8 Å². The lowest BCUT2D eigenvalue weighted by atomic mass is 9.99. The number of para-hydroxylation sites is 1. The SMILES string of the molecule is COc1ccccc1SCC1CC(c2ccc(CO)cc2)OC(c2cccc(-c3cccc(CNC(=O)c4c(F)c(F)c(F)c(F)c4F)c3)c2)O1. The molecule has 3 unspecified atom stereocenters. The Kier molecular flexibility index (Phi) is 11.4. The van der Waals surface area contributed by atoms with Gasteiger partial charge in [0.15, 0.2) is 29.6 Å². The van der Waals surface area contributed by atoms with Gasteiger partial charge >= 0.3 is 0 Å². The molecular formula is C39H32F5NO5S. The van der Waals surface area contributed by atoms with Crippen molar-refractivity contribution in [3.63, 3.8) is 0 Å². The summed E-state index contributed by atoms with van der Waals surface area (Å²) in [6, 6.07) is 29.8. The summed E-state index contributed by atoms with van der Waals surface area (Å²) < 4.78 is 87.6. The van der Waals surface area contributed by atoms with Gasteiger partial charge in [0, 0.05) is 29.2 Å². The summed E-state index contributed by atoms with van der Waals surface area (Å²) in [6.07, 6.45) is -0.633. The lowest BCUT2D eigenvalue weighted by molar-refractivity contribution is -0.245. The maximum Gasteiger partial charge on any atom is 0.257 e. The van der Waals surface area contributed by atoms with E-state index >= 15 is 0 Å². The van der Waals surface area contributed by atoms with Crippen molar-refractivity contribution in [3.8, 4) is 16.9 Å². The van der Waals surface area contributed by atoms with Gasteiger partial charge in [-0.15, -0.1) is 11.8 Å². The van der Waals surface area contributed by atoms with E-state index in [1.165, 1.54) is 0 Å². The van der Waals surface area contributed by atoms with Crippen molar-refractivity contribution in [2.45, 2.75) is 43.0 Å². The van der Waals surface area contributed by atoms with Crippen molar-refractivity contribution < 1.29 is 46.1 Å². The van der Waals surface area contributed by atoms with Crippen molar-refractivity contribution >= 4 is 17.7 Å². The number of benzene rings is 5. The Morgan fingerprint density at radius 1 is 0.784 bits per heavy atom. The standard InChI is InChI=1S/C39H32F5NO5S/c1-48-29-10-2-3-11-31(29)51-21-28-18-30(24-14-12-22(20-46)13-15-24)50-39(49-28)27-9-5-8-26(17-27)25-7-4-6-23(16-25)19-45-38(47)32-33(40)35(42)37(44)36(43)34(32)41/h2-17,28,30,39,46H,18-21H2,1H3,(H,45,47). The van der Waals surface area contributed by atoms with Crippen LogP contribution in [0.25, 0.3) is 11.1 Å². The van der Waals surface area contributed by atoms with Gasteiger partial charge in [0.2, 0.25) is 5.82 Å². The normalized spacial score (nSPS) is 17.3. The summed E-state index contributed by atoms with van der Waals surface area (Å²) >= 11 is 1.62. The number of hydrogen-bond donors (Lipinski definition) is 2. The zero-order valence-corrected chi connectivity index (χ0v) is 28.0. The number of aliphatic hydroxyl groups is 1. The minimum atomic E-state index is -2.34. The van der Waals surface area contributed by atoms with Crippen molar-refractivity contribution in [2.24, 2.45) is 0 Å². The number of ether oxygens (including phenoxy) is 3.